The summed E-state index contributed by atoms with van der Waals surface area (Å²) in [6.45, 7) is 4.97. The van der Waals surface area contributed by atoms with Gasteiger partial charge in [-0.25, -0.2) is 0 Å². The molecule has 0 aromatic carbocycles. The van der Waals surface area contributed by atoms with E-state index in [4.69, 9.17) is 4.74 Å². The van der Waals surface area contributed by atoms with Crippen LogP contribution in [0.3, 0.4) is 0 Å². The van der Waals surface area contributed by atoms with Crippen LogP contribution in [0, 0.1) is 0 Å². The first-order chi connectivity index (χ1) is 36.5. The predicted octanol–water partition coefficient (Wildman–Crippen LogP) is 21.8. The normalized spacial score (nSPS) is 12.4. The van der Waals surface area contributed by atoms with E-state index in [1.165, 1.54) is 327 Å². The summed E-state index contributed by atoms with van der Waals surface area (Å²) in [6, 6.07) is -0.534. The Kier molecular flexibility index (Phi) is 63.4. The van der Waals surface area contributed by atoms with Gasteiger partial charge in [0.05, 0.1) is 25.4 Å². The van der Waals surface area contributed by atoms with Crippen LogP contribution in [0.5, 0.6) is 0 Å². The molecule has 0 aliphatic carbocycles. The fraction of sp³-hybridized carbons (Fsp3) is 0.971. The van der Waals surface area contributed by atoms with Crippen LogP contribution in [-0.2, 0) is 14.3 Å². The van der Waals surface area contributed by atoms with Crippen molar-refractivity contribution in [3.8, 4) is 0 Å². The topological polar surface area (TPSA) is 95.9 Å². The van der Waals surface area contributed by atoms with Crippen LogP contribution in [0.15, 0.2) is 0 Å². The van der Waals surface area contributed by atoms with Crippen LogP contribution >= 0.6 is 0 Å². The van der Waals surface area contributed by atoms with Crippen molar-refractivity contribution in [1.82, 2.24) is 5.32 Å². The molecule has 3 N–H and O–H groups in total. The monoisotopic (exact) mass is 1050 g/mol. The summed E-state index contributed by atoms with van der Waals surface area (Å²) in [4.78, 5) is 24.5. The van der Waals surface area contributed by atoms with E-state index in [-0.39, 0.29) is 18.5 Å². The lowest BCUT2D eigenvalue weighted by molar-refractivity contribution is -0.143. The van der Waals surface area contributed by atoms with Crippen molar-refractivity contribution in [2.45, 2.75) is 411 Å². The summed E-state index contributed by atoms with van der Waals surface area (Å²) in [5.41, 5.74) is 0. The number of carbonyl (C=O) groups is 2. The fourth-order valence-electron chi connectivity index (χ4n) is 11.2. The first kappa shape index (κ1) is 72.9. The molecule has 0 saturated carbocycles. The van der Waals surface area contributed by atoms with Crippen molar-refractivity contribution in [3.05, 3.63) is 0 Å². The van der Waals surface area contributed by atoms with E-state index in [2.05, 4.69) is 19.2 Å². The first-order valence-electron chi connectivity index (χ1n) is 34.3. The van der Waals surface area contributed by atoms with Gasteiger partial charge in [0.2, 0.25) is 5.91 Å². The average molecular weight is 1050 g/mol. The lowest BCUT2D eigenvalue weighted by Gasteiger charge is -2.22. The van der Waals surface area contributed by atoms with Gasteiger partial charge in [0.25, 0.3) is 0 Å². The number of aliphatic hydroxyl groups excluding tert-OH is 2. The Morgan fingerprint density at radius 2 is 0.554 bits per heavy atom. The lowest BCUT2D eigenvalue weighted by Crippen LogP contribution is -2.45. The smallest absolute Gasteiger partial charge is 0.305 e. The molecule has 0 aromatic heterocycles. The second-order valence-corrected chi connectivity index (χ2v) is 23.9. The standard InChI is InChI=1S/C68H135NO5/c1-3-5-7-9-11-13-15-42-46-50-54-58-62-68(73)74-63-59-55-51-47-43-40-38-36-34-32-30-28-26-24-22-20-18-16-17-19-21-23-25-27-29-31-33-35-37-39-41-45-49-53-57-61-67(72)69-65(64-70)66(71)60-56-52-48-44-14-12-10-8-6-4-2/h65-66,70-71H,3-64H2,1-2H3,(H,69,72). The van der Waals surface area contributed by atoms with Gasteiger partial charge in [-0.1, -0.05) is 361 Å². The predicted molar refractivity (Wildman–Crippen MR) is 324 cm³/mol. The number of esters is 1. The largest absolute Gasteiger partial charge is 0.466 e. The Morgan fingerprint density at radius 3 is 0.824 bits per heavy atom. The van der Waals surface area contributed by atoms with Crippen molar-refractivity contribution in [1.29, 1.82) is 0 Å². The van der Waals surface area contributed by atoms with Gasteiger partial charge in [0, 0.05) is 12.8 Å². The summed E-state index contributed by atoms with van der Waals surface area (Å²) in [7, 11) is 0. The number of amides is 1. The molecule has 2 atom stereocenters. The maximum absolute atomic E-state index is 12.4. The van der Waals surface area contributed by atoms with Crippen LogP contribution in [0.4, 0.5) is 0 Å². The Labute approximate surface area is 464 Å². The second kappa shape index (κ2) is 64.4. The minimum atomic E-state index is -0.657. The molecular weight excluding hydrogens is 911 g/mol. The number of carbonyl (C=O) groups excluding carboxylic acids is 2. The van der Waals surface area contributed by atoms with Crippen molar-refractivity contribution in [2.24, 2.45) is 0 Å². The zero-order chi connectivity index (χ0) is 53.6. The third-order valence-electron chi connectivity index (χ3n) is 16.4. The summed E-state index contributed by atoms with van der Waals surface area (Å²) >= 11 is 0. The zero-order valence-electron chi connectivity index (χ0n) is 50.6. The quantitative estimate of drug-likeness (QED) is 0.0417. The molecule has 0 spiro atoms. The van der Waals surface area contributed by atoms with Gasteiger partial charge >= 0.3 is 5.97 Å². The van der Waals surface area contributed by atoms with E-state index in [1.54, 1.807) is 0 Å². The summed E-state index contributed by atoms with van der Waals surface area (Å²) in [5, 5.41) is 23.2. The number of hydrogen-bond acceptors (Lipinski definition) is 5. The molecule has 0 heterocycles. The van der Waals surface area contributed by atoms with Crippen LogP contribution in [0.2, 0.25) is 0 Å². The Hall–Kier alpha value is -1.14. The molecule has 6 nitrogen and oxygen atoms in total. The van der Waals surface area contributed by atoms with Crippen LogP contribution in [0.25, 0.3) is 0 Å². The lowest BCUT2D eigenvalue weighted by atomic mass is 10.0. The molecule has 0 fully saturated rings. The van der Waals surface area contributed by atoms with Crippen LogP contribution in [-0.4, -0.2) is 47.4 Å². The van der Waals surface area contributed by atoms with Gasteiger partial charge in [-0.2, -0.15) is 0 Å². The van der Waals surface area contributed by atoms with Crippen molar-refractivity contribution < 1.29 is 24.5 Å². The highest BCUT2D eigenvalue weighted by atomic mass is 16.5. The number of rotatable bonds is 65. The molecule has 2 unspecified atom stereocenters. The highest BCUT2D eigenvalue weighted by Gasteiger charge is 2.20. The third-order valence-corrected chi connectivity index (χ3v) is 16.4. The number of ether oxygens (including phenoxy) is 1. The Morgan fingerprint density at radius 1 is 0.324 bits per heavy atom. The van der Waals surface area contributed by atoms with Crippen LogP contribution in [0.1, 0.15) is 399 Å². The minimum Gasteiger partial charge on any atom is -0.466 e. The average Bonchev–Trinajstić information content (AvgIpc) is 3.40. The maximum Gasteiger partial charge on any atom is 0.305 e. The fourth-order valence-corrected chi connectivity index (χ4v) is 11.2. The Bertz CT molecular complexity index is 1070. The second-order valence-electron chi connectivity index (χ2n) is 23.9. The summed E-state index contributed by atoms with van der Waals surface area (Å²) in [6.07, 6.45) is 77.4. The molecule has 0 bridgehead atoms. The molecule has 1 amide bonds. The van der Waals surface area contributed by atoms with Crippen molar-refractivity contribution in [2.75, 3.05) is 13.2 Å². The highest BCUT2D eigenvalue weighted by Crippen LogP contribution is 2.19. The zero-order valence-corrected chi connectivity index (χ0v) is 50.6. The first-order valence-corrected chi connectivity index (χ1v) is 34.3. The number of nitrogens with one attached hydrogen (secondary N) is 1. The van der Waals surface area contributed by atoms with Gasteiger partial charge in [0.15, 0.2) is 0 Å². The number of hydrogen-bond donors (Lipinski definition) is 3. The molecule has 0 aromatic rings. The molecule has 0 radical (unpaired) electrons. The van der Waals surface area contributed by atoms with E-state index in [0.29, 0.717) is 25.9 Å². The van der Waals surface area contributed by atoms with E-state index < -0.39 is 12.1 Å². The number of aliphatic hydroxyl groups is 2. The number of unbranched alkanes of at least 4 members (excludes halogenated alkanes) is 54. The minimum absolute atomic E-state index is 0.0241. The van der Waals surface area contributed by atoms with Crippen molar-refractivity contribution >= 4 is 11.9 Å². The van der Waals surface area contributed by atoms with E-state index in [1.807, 2.05) is 0 Å². The molecular formula is C68H135NO5. The molecule has 74 heavy (non-hydrogen) atoms. The molecule has 0 aliphatic rings. The third kappa shape index (κ3) is 60.1. The van der Waals surface area contributed by atoms with Gasteiger partial charge in [-0.15, -0.1) is 0 Å². The molecule has 0 aliphatic heterocycles. The molecule has 6 heteroatoms. The van der Waals surface area contributed by atoms with Gasteiger partial charge in [-0.05, 0) is 25.7 Å². The molecule has 442 valence electrons. The van der Waals surface area contributed by atoms with Gasteiger partial charge < -0.3 is 20.3 Å². The molecule has 0 saturated heterocycles. The van der Waals surface area contributed by atoms with E-state index in [9.17, 15) is 19.8 Å². The Balaban J connectivity index is 3.26. The van der Waals surface area contributed by atoms with Gasteiger partial charge in [-0.3, -0.25) is 9.59 Å². The summed E-state index contributed by atoms with van der Waals surface area (Å²) in [5.74, 6) is -0.00478. The highest BCUT2D eigenvalue weighted by molar-refractivity contribution is 5.76. The van der Waals surface area contributed by atoms with Crippen molar-refractivity contribution in [3.63, 3.8) is 0 Å². The van der Waals surface area contributed by atoms with Gasteiger partial charge in [0.1, 0.15) is 0 Å². The van der Waals surface area contributed by atoms with Crippen LogP contribution < -0.4 is 5.32 Å². The summed E-state index contributed by atoms with van der Waals surface area (Å²) < 4.78 is 5.48. The maximum atomic E-state index is 12.4. The van der Waals surface area contributed by atoms with E-state index >= 15 is 0 Å². The van der Waals surface area contributed by atoms with E-state index in [0.717, 1.165) is 38.5 Å². The molecule has 0 rings (SSSR count). The SMILES string of the molecule is CCCCCCCCCCCCCCC(=O)OCCCCCCCCCCCCCCCCCCCCCCCCCCCCCCCCCCCCCC(=O)NC(CO)C(O)CCCCCCCCCCCC.